The number of rotatable bonds is 3. The van der Waals surface area contributed by atoms with Gasteiger partial charge in [-0.25, -0.2) is 0 Å². The van der Waals surface area contributed by atoms with Crippen molar-refractivity contribution in [3.05, 3.63) is 23.8 Å². The van der Waals surface area contributed by atoms with Gasteiger partial charge in [0, 0.05) is 22.9 Å². The number of hydrogen-bond acceptors (Lipinski definition) is 4. The largest absolute Gasteiger partial charge is 0.508 e. The molecule has 0 spiro atoms. The fraction of sp³-hybridized carbons (Fsp3) is 0.571. The average Bonchev–Trinajstić information content (AvgIpc) is 2.93. The summed E-state index contributed by atoms with van der Waals surface area (Å²) in [4.78, 5) is 0. The monoisotopic (exact) mass is 265 g/mol. The van der Waals surface area contributed by atoms with Crippen molar-refractivity contribution in [2.75, 3.05) is 18.9 Å². The minimum Gasteiger partial charge on any atom is -0.508 e. The number of fused-ring (bicyclic) bond motifs is 1. The first-order valence-electron chi connectivity index (χ1n) is 6.49. The number of phenols is 1. The Kier molecular flexibility index (Phi) is 3.16. The van der Waals surface area contributed by atoms with E-state index in [1.165, 1.54) is 24.2 Å². The first-order chi connectivity index (χ1) is 8.66. The van der Waals surface area contributed by atoms with Crippen molar-refractivity contribution in [1.29, 1.82) is 0 Å². The van der Waals surface area contributed by atoms with Crippen LogP contribution in [0.5, 0.6) is 11.5 Å². The Hall–Kier alpha value is -0.870. The molecule has 4 heteroatoms. The molecule has 0 bridgehead atoms. The number of ether oxygens (including phenoxy) is 1. The van der Waals surface area contributed by atoms with Crippen LogP contribution in [0.25, 0.3) is 0 Å². The van der Waals surface area contributed by atoms with Crippen molar-refractivity contribution in [2.45, 2.75) is 30.6 Å². The third kappa shape index (κ3) is 2.31. The van der Waals surface area contributed by atoms with Crippen LogP contribution < -0.4 is 10.1 Å². The molecule has 0 radical (unpaired) electrons. The molecular formula is C14H19NO2S. The van der Waals surface area contributed by atoms with Gasteiger partial charge in [0.25, 0.3) is 0 Å². The van der Waals surface area contributed by atoms with E-state index in [2.05, 4.69) is 24.0 Å². The molecule has 0 aromatic heterocycles. The van der Waals surface area contributed by atoms with Crippen molar-refractivity contribution in [1.82, 2.24) is 5.32 Å². The lowest BCUT2D eigenvalue weighted by atomic mass is 10.0. The Morgan fingerprint density at radius 3 is 3.22 bits per heavy atom. The van der Waals surface area contributed by atoms with E-state index in [0.29, 0.717) is 11.4 Å². The first kappa shape index (κ1) is 12.2. The van der Waals surface area contributed by atoms with Crippen LogP contribution in [0.3, 0.4) is 0 Å². The van der Waals surface area contributed by atoms with Crippen LogP contribution in [-0.2, 0) is 0 Å². The summed E-state index contributed by atoms with van der Waals surface area (Å²) in [5.41, 5.74) is 1.17. The second-order valence-corrected chi connectivity index (χ2v) is 7.05. The van der Waals surface area contributed by atoms with Crippen molar-refractivity contribution < 1.29 is 9.84 Å². The number of hydrogen-bond donors (Lipinski definition) is 2. The van der Waals surface area contributed by atoms with Crippen molar-refractivity contribution >= 4 is 11.8 Å². The van der Waals surface area contributed by atoms with Crippen LogP contribution in [0.2, 0.25) is 0 Å². The predicted molar refractivity (Wildman–Crippen MR) is 74.4 cm³/mol. The number of benzene rings is 1. The van der Waals surface area contributed by atoms with Gasteiger partial charge < -0.3 is 15.2 Å². The van der Waals surface area contributed by atoms with Crippen LogP contribution in [0, 0.1) is 0 Å². The SMILES string of the molecule is CC1(CNC2COc3cc(O)ccc32)CCCS1. The summed E-state index contributed by atoms with van der Waals surface area (Å²) in [5, 5.41) is 13.0. The van der Waals surface area contributed by atoms with Gasteiger partial charge in [-0.3, -0.25) is 0 Å². The standard InChI is InChI=1S/C14H19NO2S/c1-14(5-2-6-18-14)9-15-12-8-17-13-7-10(16)3-4-11(12)13/h3-4,7,12,15-16H,2,5-6,8-9H2,1H3. The van der Waals surface area contributed by atoms with Gasteiger partial charge >= 0.3 is 0 Å². The fourth-order valence-electron chi connectivity index (χ4n) is 2.68. The van der Waals surface area contributed by atoms with Crippen LogP contribution in [0.1, 0.15) is 31.4 Å². The summed E-state index contributed by atoms with van der Waals surface area (Å²) in [6.07, 6.45) is 2.62. The molecule has 0 saturated carbocycles. The molecular weight excluding hydrogens is 246 g/mol. The van der Waals surface area contributed by atoms with E-state index in [1.54, 1.807) is 12.1 Å². The highest BCUT2D eigenvalue weighted by Crippen LogP contribution is 2.39. The van der Waals surface area contributed by atoms with Crippen molar-refractivity contribution in [3.8, 4) is 11.5 Å². The van der Waals surface area contributed by atoms with E-state index in [-0.39, 0.29) is 11.8 Å². The molecule has 1 fully saturated rings. The number of nitrogens with one attached hydrogen (secondary N) is 1. The molecule has 0 aliphatic carbocycles. The lowest BCUT2D eigenvalue weighted by molar-refractivity contribution is 0.306. The van der Waals surface area contributed by atoms with Crippen LogP contribution >= 0.6 is 11.8 Å². The van der Waals surface area contributed by atoms with E-state index in [9.17, 15) is 5.11 Å². The molecule has 18 heavy (non-hydrogen) atoms. The Balaban J connectivity index is 1.66. The second kappa shape index (κ2) is 4.67. The van der Waals surface area contributed by atoms with Gasteiger partial charge in [-0.05, 0) is 37.7 Å². The molecule has 1 aromatic rings. The zero-order valence-electron chi connectivity index (χ0n) is 10.6. The highest BCUT2D eigenvalue weighted by molar-refractivity contribution is 8.00. The van der Waals surface area contributed by atoms with E-state index in [0.717, 1.165) is 12.3 Å². The Bertz CT molecular complexity index is 443. The second-order valence-electron chi connectivity index (χ2n) is 5.37. The van der Waals surface area contributed by atoms with Crippen LogP contribution in [0.15, 0.2) is 18.2 Å². The number of phenolic OH excluding ortho intramolecular Hbond substituents is 1. The molecule has 1 aromatic carbocycles. The third-order valence-electron chi connectivity index (χ3n) is 3.80. The summed E-state index contributed by atoms with van der Waals surface area (Å²) in [7, 11) is 0. The van der Waals surface area contributed by atoms with Gasteiger partial charge in [0.15, 0.2) is 0 Å². The zero-order valence-corrected chi connectivity index (χ0v) is 11.4. The molecule has 1 saturated heterocycles. The predicted octanol–water partition coefficient (Wildman–Crippen LogP) is 2.70. The number of aromatic hydroxyl groups is 1. The molecule has 2 atom stereocenters. The third-order valence-corrected chi connectivity index (χ3v) is 5.34. The average molecular weight is 265 g/mol. The lowest BCUT2D eigenvalue weighted by Crippen LogP contribution is -2.35. The van der Waals surface area contributed by atoms with Crippen LogP contribution in [-0.4, -0.2) is 28.8 Å². The maximum absolute atomic E-state index is 9.42. The molecule has 2 aliphatic heterocycles. The first-order valence-corrected chi connectivity index (χ1v) is 7.48. The summed E-state index contributed by atoms with van der Waals surface area (Å²) in [6.45, 7) is 4.02. The molecule has 3 nitrogen and oxygen atoms in total. The van der Waals surface area contributed by atoms with Gasteiger partial charge in [-0.1, -0.05) is 0 Å². The topological polar surface area (TPSA) is 41.5 Å². The molecule has 98 valence electrons. The molecule has 2 unspecified atom stereocenters. The van der Waals surface area contributed by atoms with E-state index < -0.39 is 0 Å². The van der Waals surface area contributed by atoms with Gasteiger partial charge in [-0.2, -0.15) is 11.8 Å². The van der Waals surface area contributed by atoms with Gasteiger partial charge in [0.05, 0.1) is 6.04 Å². The summed E-state index contributed by atoms with van der Waals surface area (Å²) < 4.78 is 5.99. The van der Waals surface area contributed by atoms with Crippen LogP contribution in [0.4, 0.5) is 0 Å². The molecule has 0 amide bonds. The summed E-state index contributed by atoms with van der Waals surface area (Å²) >= 11 is 2.07. The normalized spacial score (nSPS) is 30.2. The molecule has 2 heterocycles. The van der Waals surface area contributed by atoms with Gasteiger partial charge in [-0.15, -0.1) is 0 Å². The highest BCUT2D eigenvalue weighted by Gasteiger charge is 2.32. The fourth-order valence-corrected chi connectivity index (χ4v) is 3.94. The maximum atomic E-state index is 9.42. The Morgan fingerprint density at radius 2 is 2.44 bits per heavy atom. The molecule has 3 rings (SSSR count). The quantitative estimate of drug-likeness (QED) is 0.881. The molecule has 2 N–H and O–H groups in total. The Labute approximate surface area is 112 Å². The minimum atomic E-state index is 0.263. The summed E-state index contributed by atoms with van der Waals surface area (Å²) in [5.74, 6) is 2.37. The van der Waals surface area contributed by atoms with E-state index >= 15 is 0 Å². The maximum Gasteiger partial charge on any atom is 0.127 e. The smallest absolute Gasteiger partial charge is 0.127 e. The zero-order chi connectivity index (χ0) is 12.6. The lowest BCUT2D eigenvalue weighted by Gasteiger charge is -2.25. The molecule has 2 aliphatic rings. The highest BCUT2D eigenvalue weighted by atomic mass is 32.2. The van der Waals surface area contributed by atoms with E-state index in [4.69, 9.17) is 4.74 Å². The summed E-state index contributed by atoms with van der Waals surface area (Å²) in [6, 6.07) is 5.65. The van der Waals surface area contributed by atoms with Crippen molar-refractivity contribution in [2.24, 2.45) is 0 Å². The minimum absolute atomic E-state index is 0.263. The van der Waals surface area contributed by atoms with Gasteiger partial charge in [0.1, 0.15) is 18.1 Å². The van der Waals surface area contributed by atoms with E-state index in [1.807, 2.05) is 6.07 Å². The number of thioether (sulfide) groups is 1. The van der Waals surface area contributed by atoms with Gasteiger partial charge in [0.2, 0.25) is 0 Å². The van der Waals surface area contributed by atoms with Crippen molar-refractivity contribution in [3.63, 3.8) is 0 Å². The Morgan fingerprint density at radius 1 is 1.56 bits per heavy atom.